The van der Waals surface area contributed by atoms with E-state index >= 15 is 0 Å². The second-order valence-electron chi connectivity index (χ2n) is 6.26. The second kappa shape index (κ2) is 8.59. The van der Waals surface area contributed by atoms with Gasteiger partial charge < -0.3 is 10.6 Å². The smallest absolute Gasteiger partial charge is 0.243 e. The molecule has 0 bridgehead atoms. The van der Waals surface area contributed by atoms with E-state index < -0.39 is 21.9 Å². The molecule has 1 unspecified atom stereocenters. The van der Waals surface area contributed by atoms with Gasteiger partial charge in [-0.1, -0.05) is 0 Å². The van der Waals surface area contributed by atoms with Crippen LogP contribution in [0.15, 0.2) is 29.2 Å². The van der Waals surface area contributed by atoms with E-state index in [0.717, 1.165) is 12.1 Å². The maximum absolute atomic E-state index is 13.0. The molecular weight excluding hydrogens is 361 g/mol. The minimum atomic E-state index is -3.70. The Hall–Kier alpha value is -2.00. The number of hydrogen-bond acceptors (Lipinski definition) is 4. The van der Waals surface area contributed by atoms with Crippen molar-refractivity contribution in [3.8, 4) is 0 Å². The van der Waals surface area contributed by atoms with Crippen molar-refractivity contribution in [3.63, 3.8) is 0 Å². The van der Waals surface area contributed by atoms with Gasteiger partial charge in [-0.05, 0) is 51.0 Å². The highest BCUT2D eigenvalue weighted by Crippen LogP contribution is 2.24. The molecule has 0 spiro atoms. The molecule has 1 aliphatic heterocycles. The standard InChI is InChI=1S/C17H24FN3O4S/c1-3-19-16(22)12(2)20-17(23)13-8-10-21(11-9-13)26(24,25)15-6-4-14(18)5-7-15/h4-7,12-13H,3,8-11H2,1-2H3,(H,19,22)(H,20,23). The summed E-state index contributed by atoms with van der Waals surface area (Å²) in [5.74, 6) is -1.34. The first-order valence-electron chi connectivity index (χ1n) is 8.59. The fraction of sp³-hybridized carbons (Fsp3) is 0.529. The summed E-state index contributed by atoms with van der Waals surface area (Å²) < 4.78 is 39.4. The van der Waals surface area contributed by atoms with Crippen LogP contribution in [0.5, 0.6) is 0 Å². The Morgan fingerprint density at radius 1 is 1.23 bits per heavy atom. The predicted molar refractivity (Wildman–Crippen MR) is 94.2 cm³/mol. The van der Waals surface area contributed by atoms with E-state index in [1.165, 1.54) is 16.4 Å². The number of rotatable bonds is 6. The third-order valence-corrected chi connectivity index (χ3v) is 6.29. The van der Waals surface area contributed by atoms with Crippen LogP contribution in [0.4, 0.5) is 4.39 Å². The monoisotopic (exact) mass is 385 g/mol. The number of hydrogen-bond donors (Lipinski definition) is 2. The van der Waals surface area contributed by atoms with E-state index in [4.69, 9.17) is 0 Å². The molecular formula is C17H24FN3O4S. The van der Waals surface area contributed by atoms with Crippen molar-refractivity contribution in [2.45, 2.75) is 37.6 Å². The lowest BCUT2D eigenvalue weighted by Gasteiger charge is -2.31. The Morgan fingerprint density at radius 2 is 1.81 bits per heavy atom. The lowest BCUT2D eigenvalue weighted by atomic mass is 9.97. The zero-order valence-electron chi connectivity index (χ0n) is 14.9. The molecule has 2 amide bonds. The molecule has 1 heterocycles. The lowest BCUT2D eigenvalue weighted by molar-refractivity contribution is -0.131. The number of carbonyl (C=O) groups excluding carboxylic acids is 2. The minimum Gasteiger partial charge on any atom is -0.355 e. The van der Waals surface area contributed by atoms with Crippen LogP contribution in [0.3, 0.4) is 0 Å². The first kappa shape index (κ1) is 20.3. The fourth-order valence-electron chi connectivity index (χ4n) is 2.84. The molecule has 0 radical (unpaired) electrons. The molecule has 0 aliphatic carbocycles. The van der Waals surface area contributed by atoms with Gasteiger partial charge in [-0.15, -0.1) is 0 Å². The Kier molecular flexibility index (Phi) is 6.71. The van der Waals surface area contributed by atoms with Gasteiger partial charge in [-0.25, -0.2) is 12.8 Å². The summed E-state index contributed by atoms with van der Waals surface area (Å²) in [6.45, 7) is 4.29. The van der Waals surface area contributed by atoms with Crippen molar-refractivity contribution in [3.05, 3.63) is 30.1 Å². The number of piperidine rings is 1. The van der Waals surface area contributed by atoms with Crippen molar-refractivity contribution in [2.24, 2.45) is 5.92 Å². The first-order valence-corrected chi connectivity index (χ1v) is 10.0. The molecule has 1 aromatic carbocycles. The van der Waals surface area contributed by atoms with Gasteiger partial charge in [0.25, 0.3) is 0 Å². The fourth-order valence-corrected chi connectivity index (χ4v) is 4.31. The van der Waals surface area contributed by atoms with Gasteiger partial charge in [0.15, 0.2) is 0 Å². The molecule has 1 fully saturated rings. The predicted octanol–water partition coefficient (Wildman–Crippen LogP) is 0.867. The van der Waals surface area contributed by atoms with Gasteiger partial charge in [-0.2, -0.15) is 4.31 Å². The summed E-state index contributed by atoms with van der Waals surface area (Å²) in [5.41, 5.74) is 0. The Labute approximate surface area is 153 Å². The Balaban J connectivity index is 1.93. The number of amides is 2. The molecule has 1 saturated heterocycles. The van der Waals surface area contributed by atoms with E-state index in [9.17, 15) is 22.4 Å². The molecule has 7 nitrogen and oxygen atoms in total. The van der Waals surface area contributed by atoms with Crippen molar-refractivity contribution >= 4 is 21.8 Å². The van der Waals surface area contributed by atoms with Crippen molar-refractivity contribution in [1.82, 2.24) is 14.9 Å². The third-order valence-electron chi connectivity index (χ3n) is 4.38. The molecule has 144 valence electrons. The van der Waals surface area contributed by atoms with Gasteiger partial charge >= 0.3 is 0 Å². The average molecular weight is 385 g/mol. The van der Waals surface area contributed by atoms with Crippen LogP contribution >= 0.6 is 0 Å². The molecule has 2 N–H and O–H groups in total. The number of benzene rings is 1. The second-order valence-corrected chi connectivity index (χ2v) is 8.20. The van der Waals surface area contributed by atoms with Crippen LogP contribution < -0.4 is 10.6 Å². The zero-order valence-corrected chi connectivity index (χ0v) is 15.7. The van der Waals surface area contributed by atoms with Gasteiger partial charge in [0, 0.05) is 25.6 Å². The molecule has 9 heteroatoms. The highest BCUT2D eigenvalue weighted by molar-refractivity contribution is 7.89. The van der Waals surface area contributed by atoms with Gasteiger partial charge in [0.05, 0.1) is 4.90 Å². The quantitative estimate of drug-likeness (QED) is 0.759. The molecule has 1 aromatic rings. The van der Waals surface area contributed by atoms with E-state index in [1.807, 2.05) is 0 Å². The molecule has 0 saturated carbocycles. The highest BCUT2D eigenvalue weighted by atomic mass is 32.2. The lowest BCUT2D eigenvalue weighted by Crippen LogP contribution is -2.49. The normalized spacial score (nSPS) is 17.5. The zero-order chi connectivity index (χ0) is 19.3. The summed E-state index contributed by atoms with van der Waals surface area (Å²) in [5, 5.41) is 5.30. The van der Waals surface area contributed by atoms with Crippen molar-refractivity contribution in [2.75, 3.05) is 19.6 Å². The summed E-state index contributed by atoms with van der Waals surface area (Å²) in [7, 11) is -3.70. The number of sulfonamides is 1. The van der Waals surface area contributed by atoms with Crippen molar-refractivity contribution < 1.29 is 22.4 Å². The summed E-state index contributed by atoms with van der Waals surface area (Å²) >= 11 is 0. The van der Waals surface area contributed by atoms with Crippen LogP contribution in [0.25, 0.3) is 0 Å². The Morgan fingerprint density at radius 3 is 2.35 bits per heavy atom. The summed E-state index contributed by atoms with van der Waals surface area (Å²) in [6.07, 6.45) is 0.739. The van der Waals surface area contributed by atoms with E-state index in [1.54, 1.807) is 13.8 Å². The summed E-state index contributed by atoms with van der Waals surface area (Å²) in [6, 6.07) is 4.05. The number of halogens is 1. The number of nitrogens with zero attached hydrogens (tertiary/aromatic N) is 1. The van der Waals surface area contributed by atoms with E-state index in [2.05, 4.69) is 10.6 Å². The minimum absolute atomic E-state index is 0.0339. The van der Waals surface area contributed by atoms with Gasteiger partial charge in [-0.3, -0.25) is 9.59 Å². The molecule has 2 rings (SSSR count). The van der Waals surface area contributed by atoms with Gasteiger partial charge in [0.2, 0.25) is 21.8 Å². The van der Waals surface area contributed by atoms with Crippen LogP contribution in [-0.4, -0.2) is 50.2 Å². The highest BCUT2D eigenvalue weighted by Gasteiger charge is 2.32. The summed E-state index contributed by atoms with van der Waals surface area (Å²) in [4.78, 5) is 24.0. The number of likely N-dealkylation sites (N-methyl/N-ethyl adjacent to an activating group) is 1. The van der Waals surface area contributed by atoms with Gasteiger partial charge in [0.1, 0.15) is 11.9 Å². The topological polar surface area (TPSA) is 95.6 Å². The SMILES string of the molecule is CCNC(=O)C(C)NC(=O)C1CCN(S(=O)(=O)c2ccc(F)cc2)CC1. The van der Waals surface area contributed by atoms with Crippen LogP contribution in [0, 0.1) is 11.7 Å². The Bertz CT molecular complexity index is 744. The van der Waals surface area contributed by atoms with Crippen LogP contribution in [0.1, 0.15) is 26.7 Å². The molecule has 0 aromatic heterocycles. The third kappa shape index (κ3) is 4.79. The van der Waals surface area contributed by atoms with E-state index in [0.29, 0.717) is 19.4 Å². The van der Waals surface area contributed by atoms with Crippen LogP contribution in [-0.2, 0) is 19.6 Å². The maximum Gasteiger partial charge on any atom is 0.243 e. The molecule has 26 heavy (non-hydrogen) atoms. The number of carbonyl (C=O) groups is 2. The first-order chi connectivity index (χ1) is 12.3. The number of nitrogens with one attached hydrogen (secondary N) is 2. The molecule has 1 atom stereocenters. The maximum atomic E-state index is 13.0. The van der Waals surface area contributed by atoms with E-state index in [-0.39, 0.29) is 35.7 Å². The average Bonchev–Trinajstić information content (AvgIpc) is 2.62. The largest absolute Gasteiger partial charge is 0.355 e. The van der Waals surface area contributed by atoms with Crippen molar-refractivity contribution in [1.29, 1.82) is 0 Å². The molecule has 1 aliphatic rings. The van der Waals surface area contributed by atoms with Crippen LogP contribution in [0.2, 0.25) is 0 Å².